The summed E-state index contributed by atoms with van der Waals surface area (Å²) in [4.78, 5) is 12.2. The van der Waals surface area contributed by atoms with Crippen molar-refractivity contribution in [3.8, 4) is 17.2 Å². The second kappa shape index (κ2) is 7.71. The van der Waals surface area contributed by atoms with Crippen LogP contribution in [0.15, 0.2) is 27.4 Å². The number of ether oxygens (including phenoxy) is 3. The SMILES string of the molecule is CCOc1ccc2c(O)c(O[C@@H]3O[C@H](CO)[C@@H](O)[C@H](O)[C@H]3O)c(=O)oc2c1. The van der Waals surface area contributed by atoms with Gasteiger partial charge < -0.3 is 44.2 Å². The summed E-state index contributed by atoms with van der Waals surface area (Å²) >= 11 is 0. The van der Waals surface area contributed by atoms with E-state index >= 15 is 0 Å². The first-order valence-corrected chi connectivity index (χ1v) is 8.27. The maximum absolute atomic E-state index is 12.2. The van der Waals surface area contributed by atoms with E-state index in [1.165, 1.54) is 12.1 Å². The first-order valence-electron chi connectivity index (χ1n) is 8.27. The first kappa shape index (κ1) is 19.4. The third kappa shape index (κ3) is 3.57. The highest BCUT2D eigenvalue weighted by Crippen LogP contribution is 2.35. The third-order valence-electron chi connectivity index (χ3n) is 4.20. The van der Waals surface area contributed by atoms with Crippen LogP contribution in [0.25, 0.3) is 11.0 Å². The molecule has 2 heterocycles. The van der Waals surface area contributed by atoms with Gasteiger partial charge in [0.1, 0.15) is 35.7 Å². The Kier molecular flexibility index (Phi) is 5.53. The van der Waals surface area contributed by atoms with E-state index in [1.54, 1.807) is 13.0 Å². The molecule has 5 N–H and O–H groups in total. The van der Waals surface area contributed by atoms with Gasteiger partial charge in [-0.05, 0) is 19.1 Å². The molecule has 1 fully saturated rings. The summed E-state index contributed by atoms with van der Waals surface area (Å²) in [6.07, 6.45) is -7.86. The fraction of sp³-hybridized carbons (Fsp3) is 0.471. The maximum atomic E-state index is 12.2. The van der Waals surface area contributed by atoms with Crippen molar-refractivity contribution < 1.29 is 44.2 Å². The molecule has 0 bridgehead atoms. The van der Waals surface area contributed by atoms with E-state index in [1.807, 2.05) is 0 Å². The molecule has 1 aromatic carbocycles. The smallest absolute Gasteiger partial charge is 0.383 e. The molecule has 3 rings (SSSR count). The number of aliphatic hydroxyl groups excluding tert-OH is 4. The topological polar surface area (TPSA) is 159 Å². The average molecular weight is 384 g/mol. The van der Waals surface area contributed by atoms with Crippen molar-refractivity contribution in [2.45, 2.75) is 37.6 Å². The second-order valence-corrected chi connectivity index (χ2v) is 5.97. The average Bonchev–Trinajstić information content (AvgIpc) is 2.65. The quantitative estimate of drug-likeness (QED) is 0.408. The monoisotopic (exact) mass is 384 g/mol. The van der Waals surface area contributed by atoms with E-state index in [9.17, 15) is 30.3 Å². The zero-order chi connectivity index (χ0) is 19.7. The lowest BCUT2D eigenvalue weighted by Gasteiger charge is -2.39. The number of hydrogen-bond donors (Lipinski definition) is 5. The number of benzene rings is 1. The number of aliphatic hydroxyl groups is 4. The Hall–Kier alpha value is -2.37. The molecule has 0 spiro atoms. The lowest BCUT2D eigenvalue weighted by molar-refractivity contribution is -0.278. The number of aromatic hydroxyl groups is 1. The molecule has 0 amide bonds. The molecule has 5 atom stereocenters. The summed E-state index contributed by atoms with van der Waals surface area (Å²) < 4.78 is 20.8. The van der Waals surface area contributed by atoms with Gasteiger partial charge >= 0.3 is 5.63 Å². The number of hydrogen-bond acceptors (Lipinski definition) is 10. The number of rotatable bonds is 5. The summed E-state index contributed by atoms with van der Waals surface area (Å²) in [5.41, 5.74) is -0.991. The Balaban J connectivity index is 1.95. The Morgan fingerprint density at radius 2 is 1.89 bits per heavy atom. The molecular formula is C17H20O10. The van der Waals surface area contributed by atoms with Gasteiger partial charge in [0.25, 0.3) is 5.75 Å². The van der Waals surface area contributed by atoms with Crippen molar-refractivity contribution in [1.29, 1.82) is 0 Å². The summed E-state index contributed by atoms with van der Waals surface area (Å²) in [5, 5.41) is 49.3. The van der Waals surface area contributed by atoms with Crippen LogP contribution in [0.1, 0.15) is 6.92 Å². The third-order valence-corrected chi connectivity index (χ3v) is 4.20. The van der Waals surface area contributed by atoms with Gasteiger partial charge in [-0.1, -0.05) is 0 Å². The van der Waals surface area contributed by atoms with Crippen LogP contribution in [0.3, 0.4) is 0 Å². The Morgan fingerprint density at radius 1 is 1.15 bits per heavy atom. The zero-order valence-corrected chi connectivity index (χ0v) is 14.3. The van der Waals surface area contributed by atoms with Gasteiger partial charge in [-0.15, -0.1) is 0 Å². The van der Waals surface area contributed by atoms with Crippen molar-refractivity contribution in [3.63, 3.8) is 0 Å². The minimum Gasteiger partial charge on any atom is -0.504 e. The summed E-state index contributed by atoms with van der Waals surface area (Å²) in [6, 6.07) is 4.44. The summed E-state index contributed by atoms with van der Waals surface area (Å²) in [5.74, 6) is -0.757. The molecule has 0 radical (unpaired) electrons. The maximum Gasteiger partial charge on any atom is 0.383 e. The molecule has 0 aliphatic carbocycles. The van der Waals surface area contributed by atoms with Crippen molar-refractivity contribution in [2.75, 3.05) is 13.2 Å². The van der Waals surface area contributed by atoms with Crippen LogP contribution >= 0.6 is 0 Å². The zero-order valence-electron chi connectivity index (χ0n) is 14.3. The predicted octanol–water partition coefficient (Wildman–Crippen LogP) is -0.924. The van der Waals surface area contributed by atoms with Crippen LogP contribution in [-0.4, -0.2) is 69.5 Å². The number of fused-ring (bicyclic) bond motifs is 1. The lowest BCUT2D eigenvalue weighted by Crippen LogP contribution is -2.60. The van der Waals surface area contributed by atoms with E-state index in [0.717, 1.165) is 0 Å². The van der Waals surface area contributed by atoms with Crippen LogP contribution in [0.5, 0.6) is 17.2 Å². The molecule has 1 saturated heterocycles. The molecule has 1 aliphatic rings. The van der Waals surface area contributed by atoms with Crippen LogP contribution in [0.2, 0.25) is 0 Å². The highest BCUT2D eigenvalue weighted by molar-refractivity contribution is 5.86. The van der Waals surface area contributed by atoms with Crippen LogP contribution < -0.4 is 15.1 Å². The molecule has 0 unspecified atom stereocenters. The van der Waals surface area contributed by atoms with Crippen LogP contribution in [0.4, 0.5) is 0 Å². The van der Waals surface area contributed by atoms with Crippen LogP contribution in [0, 0.1) is 0 Å². The van der Waals surface area contributed by atoms with Crippen molar-refractivity contribution in [1.82, 2.24) is 0 Å². The van der Waals surface area contributed by atoms with Gasteiger partial charge in [-0.2, -0.15) is 0 Å². The van der Waals surface area contributed by atoms with E-state index in [2.05, 4.69) is 0 Å². The largest absolute Gasteiger partial charge is 0.504 e. The Labute approximate surface area is 152 Å². The van der Waals surface area contributed by atoms with Gasteiger partial charge in [0.15, 0.2) is 5.75 Å². The first-order chi connectivity index (χ1) is 12.9. The fourth-order valence-electron chi connectivity index (χ4n) is 2.79. The van der Waals surface area contributed by atoms with Gasteiger partial charge in [0.2, 0.25) is 6.29 Å². The molecule has 0 saturated carbocycles. The minimum absolute atomic E-state index is 0.0598. The van der Waals surface area contributed by atoms with E-state index < -0.39 is 54.4 Å². The molecule has 10 heteroatoms. The van der Waals surface area contributed by atoms with E-state index in [4.69, 9.17) is 18.6 Å². The Morgan fingerprint density at radius 3 is 2.56 bits per heavy atom. The second-order valence-electron chi connectivity index (χ2n) is 5.97. The van der Waals surface area contributed by atoms with Crippen molar-refractivity contribution >= 4 is 11.0 Å². The van der Waals surface area contributed by atoms with E-state index in [-0.39, 0.29) is 11.0 Å². The van der Waals surface area contributed by atoms with Crippen molar-refractivity contribution in [2.24, 2.45) is 0 Å². The molecule has 1 aromatic heterocycles. The molecule has 27 heavy (non-hydrogen) atoms. The highest BCUT2D eigenvalue weighted by atomic mass is 16.7. The fourth-order valence-corrected chi connectivity index (χ4v) is 2.79. The molecule has 10 nitrogen and oxygen atoms in total. The van der Waals surface area contributed by atoms with Gasteiger partial charge in [0.05, 0.1) is 18.6 Å². The normalized spacial score (nSPS) is 28.3. The van der Waals surface area contributed by atoms with Crippen molar-refractivity contribution in [3.05, 3.63) is 28.6 Å². The van der Waals surface area contributed by atoms with Gasteiger partial charge in [-0.3, -0.25) is 0 Å². The van der Waals surface area contributed by atoms with Gasteiger partial charge in [0, 0.05) is 6.07 Å². The summed E-state index contributed by atoms with van der Waals surface area (Å²) in [7, 11) is 0. The molecule has 1 aliphatic heterocycles. The van der Waals surface area contributed by atoms with Gasteiger partial charge in [-0.25, -0.2) is 4.79 Å². The lowest BCUT2D eigenvalue weighted by atomic mass is 9.99. The highest BCUT2D eigenvalue weighted by Gasteiger charge is 2.45. The molecular weight excluding hydrogens is 364 g/mol. The standard InChI is InChI=1S/C17H20O10/c1-2-24-7-3-4-8-9(5-7)25-16(23)15(11(8)19)27-17-14(22)13(21)12(20)10(6-18)26-17/h3-5,10,12-14,17-22H,2,6H2,1H3/t10-,12-,13+,14-,17+/m1/s1. The predicted molar refractivity (Wildman–Crippen MR) is 89.7 cm³/mol. The minimum atomic E-state index is -1.74. The Bertz CT molecular complexity index is 861. The van der Waals surface area contributed by atoms with E-state index in [0.29, 0.717) is 12.4 Å². The molecule has 148 valence electrons. The summed E-state index contributed by atoms with van der Waals surface area (Å²) in [6.45, 7) is 1.53. The van der Waals surface area contributed by atoms with Crippen LogP contribution in [-0.2, 0) is 4.74 Å². The molecule has 2 aromatic rings.